The molecule has 0 spiro atoms. The molecule has 0 saturated carbocycles. The normalized spacial score (nSPS) is 18.2. The Bertz CT molecular complexity index is 567. The lowest BCUT2D eigenvalue weighted by Crippen LogP contribution is -2.50. The van der Waals surface area contributed by atoms with Crippen LogP contribution in [-0.2, 0) is 0 Å². The van der Waals surface area contributed by atoms with E-state index in [2.05, 4.69) is 28.0 Å². The topological polar surface area (TPSA) is 30.0 Å². The Labute approximate surface area is 152 Å². The first-order valence-electron chi connectivity index (χ1n) is 9.87. The van der Waals surface area contributed by atoms with Gasteiger partial charge in [0.1, 0.15) is 0 Å². The molecule has 138 valence electrons. The molecule has 1 aromatic rings. The Hall–Kier alpha value is -1.75. The molecule has 0 aromatic heterocycles. The van der Waals surface area contributed by atoms with E-state index in [1.807, 2.05) is 29.7 Å². The Morgan fingerprint density at radius 2 is 1.60 bits per heavy atom. The molecule has 0 unspecified atom stereocenters. The highest BCUT2D eigenvalue weighted by Gasteiger charge is 2.28. The molecule has 2 heterocycles. The van der Waals surface area contributed by atoms with Crippen LogP contribution in [0.2, 0.25) is 0 Å². The van der Waals surface area contributed by atoms with Crippen molar-refractivity contribution in [2.45, 2.75) is 33.1 Å². The smallest absolute Gasteiger partial charge is 0.324 e. The maximum Gasteiger partial charge on any atom is 0.324 e. The van der Waals surface area contributed by atoms with Crippen molar-refractivity contribution in [1.82, 2.24) is 9.80 Å². The number of nitrogens with zero attached hydrogens (tertiary/aromatic N) is 4. The zero-order chi connectivity index (χ0) is 17.6. The van der Waals surface area contributed by atoms with E-state index in [-0.39, 0.29) is 6.03 Å². The summed E-state index contributed by atoms with van der Waals surface area (Å²) in [5.74, 6) is 0. The molecule has 1 aromatic carbocycles. The van der Waals surface area contributed by atoms with Gasteiger partial charge in [0.25, 0.3) is 0 Å². The van der Waals surface area contributed by atoms with Crippen LogP contribution in [0.3, 0.4) is 0 Å². The van der Waals surface area contributed by atoms with Crippen LogP contribution in [0.5, 0.6) is 0 Å². The summed E-state index contributed by atoms with van der Waals surface area (Å²) in [4.78, 5) is 21.8. The Balaban J connectivity index is 1.71. The van der Waals surface area contributed by atoms with Crippen LogP contribution in [0.25, 0.3) is 0 Å². The predicted octanol–water partition coefficient (Wildman–Crippen LogP) is 3.26. The molecule has 0 radical (unpaired) electrons. The summed E-state index contributed by atoms with van der Waals surface area (Å²) in [6.07, 6.45) is 4.05. The zero-order valence-corrected chi connectivity index (χ0v) is 15.8. The van der Waals surface area contributed by atoms with E-state index in [0.29, 0.717) is 0 Å². The van der Waals surface area contributed by atoms with Crippen molar-refractivity contribution in [2.75, 3.05) is 62.2 Å². The third-order valence-electron chi connectivity index (χ3n) is 5.51. The monoisotopic (exact) mass is 344 g/mol. The number of amides is 2. The van der Waals surface area contributed by atoms with Crippen LogP contribution >= 0.6 is 0 Å². The van der Waals surface area contributed by atoms with Gasteiger partial charge in [0.05, 0.1) is 11.4 Å². The average Bonchev–Trinajstić information content (AvgIpc) is 2.67. The molecule has 5 heteroatoms. The van der Waals surface area contributed by atoms with Crippen LogP contribution < -0.4 is 9.80 Å². The summed E-state index contributed by atoms with van der Waals surface area (Å²) in [6, 6.07) is 8.50. The van der Waals surface area contributed by atoms with Crippen molar-refractivity contribution in [2.24, 2.45) is 0 Å². The third kappa shape index (κ3) is 4.09. The number of fused-ring (bicyclic) bond motifs is 1. The fourth-order valence-corrected chi connectivity index (χ4v) is 3.96. The second kappa shape index (κ2) is 8.56. The Morgan fingerprint density at radius 1 is 0.920 bits per heavy atom. The van der Waals surface area contributed by atoms with E-state index >= 15 is 0 Å². The summed E-state index contributed by atoms with van der Waals surface area (Å²) < 4.78 is 0. The Morgan fingerprint density at radius 3 is 2.28 bits per heavy atom. The van der Waals surface area contributed by atoms with E-state index in [9.17, 15) is 4.79 Å². The second-order valence-electron chi connectivity index (χ2n) is 6.98. The number of piperidine rings is 1. The highest BCUT2D eigenvalue weighted by molar-refractivity contribution is 5.96. The quantitative estimate of drug-likeness (QED) is 0.821. The third-order valence-corrected chi connectivity index (χ3v) is 5.51. The fraction of sp³-hybridized carbons (Fsp3) is 0.650. The molecule has 2 aliphatic rings. The van der Waals surface area contributed by atoms with Crippen molar-refractivity contribution in [3.63, 3.8) is 0 Å². The lowest BCUT2D eigenvalue weighted by atomic mass is 10.1. The van der Waals surface area contributed by atoms with E-state index in [1.54, 1.807) is 0 Å². The molecular formula is C20H32N4O. The molecule has 1 saturated heterocycles. The van der Waals surface area contributed by atoms with Crippen molar-refractivity contribution >= 4 is 17.4 Å². The van der Waals surface area contributed by atoms with Gasteiger partial charge in [-0.25, -0.2) is 4.79 Å². The molecule has 3 rings (SSSR count). The van der Waals surface area contributed by atoms with E-state index < -0.39 is 0 Å². The molecule has 0 bridgehead atoms. The van der Waals surface area contributed by atoms with Gasteiger partial charge in [-0.05, 0) is 51.9 Å². The number of hydrogen-bond donors (Lipinski definition) is 0. The molecule has 25 heavy (non-hydrogen) atoms. The number of anilines is 2. The number of hydrogen-bond acceptors (Lipinski definition) is 3. The second-order valence-corrected chi connectivity index (χ2v) is 6.98. The van der Waals surface area contributed by atoms with Gasteiger partial charge in [-0.2, -0.15) is 0 Å². The van der Waals surface area contributed by atoms with Crippen LogP contribution in [-0.4, -0.2) is 68.2 Å². The maximum absolute atomic E-state index is 12.9. The minimum Gasteiger partial charge on any atom is -0.367 e. The fourth-order valence-electron chi connectivity index (χ4n) is 3.96. The van der Waals surface area contributed by atoms with Crippen molar-refractivity contribution in [3.05, 3.63) is 24.3 Å². The molecule has 0 N–H and O–H groups in total. The first-order chi connectivity index (χ1) is 12.2. The largest absolute Gasteiger partial charge is 0.367 e. The number of para-hydroxylation sites is 2. The maximum atomic E-state index is 12.9. The van der Waals surface area contributed by atoms with E-state index in [4.69, 9.17) is 0 Å². The molecule has 2 amide bonds. The Kier molecular flexibility index (Phi) is 6.19. The van der Waals surface area contributed by atoms with Crippen molar-refractivity contribution < 1.29 is 4.79 Å². The number of carbonyl (C=O) groups excluding carboxylic acids is 1. The molecular weight excluding hydrogens is 312 g/mol. The van der Waals surface area contributed by atoms with Gasteiger partial charge in [-0.15, -0.1) is 0 Å². The highest BCUT2D eigenvalue weighted by atomic mass is 16.2. The van der Waals surface area contributed by atoms with Gasteiger partial charge >= 0.3 is 6.03 Å². The summed E-state index contributed by atoms with van der Waals surface area (Å²) >= 11 is 0. The number of benzene rings is 1. The summed E-state index contributed by atoms with van der Waals surface area (Å²) in [6.45, 7) is 11.9. The lowest BCUT2D eigenvalue weighted by molar-refractivity contribution is 0.209. The molecule has 0 aliphatic carbocycles. The zero-order valence-electron chi connectivity index (χ0n) is 15.8. The molecule has 5 nitrogen and oxygen atoms in total. The molecule has 0 atom stereocenters. The highest BCUT2D eigenvalue weighted by Crippen LogP contribution is 2.33. The number of likely N-dealkylation sites (tertiary alicyclic amines) is 1. The van der Waals surface area contributed by atoms with E-state index in [1.165, 1.54) is 38.0 Å². The summed E-state index contributed by atoms with van der Waals surface area (Å²) in [5.41, 5.74) is 2.26. The van der Waals surface area contributed by atoms with Gasteiger partial charge in [-0.3, -0.25) is 4.90 Å². The molecule has 2 aliphatic heterocycles. The number of carbonyl (C=O) groups is 1. The van der Waals surface area contributed by atoms with Crippen LogP contribution in [0.15, 0.2) is 24.3 Å². The van der Waals surface area contributed by atoms with Gasteiger partial charge in [-0.1, -0.05) is 18.6 Å². The number of rotatable bonds is 5. The summed E-state index contributed by atoms with van der Waals surface area (Å²) in [7, 11) is 0. The minimum absolute atomic E-state index is 0.133. The standard InChI is InChI=1S/C20H32N4O/c1-3-22(4-2)20(25)24-17-16-23(18-10-6-7-11-19(18)24)15-14-21-12-8-5-9-13-21/h6-7,10-11H,3-5,8-9,12-17H2,1-2H3. The van der Waals surface area contributed by atoms with E-state index in [0.717, 1.165) is 45.0 Å². The predicted molar refractivity (Wildman–Crippen MR) is 105 cm³/mol. The van der Waals surface area contributed by atoms with Crippen LogP contribution in [0.4, 0.5) is 16.2 Å². The van der Waals surface area contributed by atoms with Gasteiger partial charge in [0, 0.05) is 39.3 Å². The first kappa shape index (κ1) is 18.1. The van der Waals surface area contributed by atoms with Crippen molar-refractivity contribution in [3.8, 4) is 0 Å². The van der Waals surface area contributed by atoms with Gasteiger partial charge < -0.3 is 14.7 Å². The van der Waals surface area contributed by atoms with Crippen LogP contribution in [0.1, 0.15) is 33.1 Å². The average molecular weight is 345 g/mol. The summed E-state index contributed by atoms with van der Waals surface area (Å²) in [5, 5.41) is 0. The van der Waals surface area contributed by atoms with Crippen LogP contribution in [0, 0.1) is 0 Å². The minimum atomic E-state index is 0.133. The van der Waals surface area contributed by atoms with Crippen molar-refractivity contribution in [1.29, 1.82) is 0 Å². The van der Waals surface area contributed by atoms with Gasteiger partial charge in [0.2, 0.25) is 0 Å². The number of urea groups is 1. The molecule has 1 fully saturated rings. The lowest BCUT2D eigenvalue weighted by Gasteiger charge is -2.40. The first-order valence-corrected chi connectivity index (χ1v) is 9.87. The SMILES string of the molecule is CCN(CC)C(=O)N1CCN(CCN2CCCCC2)c2ccccc21. The van der Waals surface area contributed by atoms with Gasteiger partial charge in [0.15, 0.2) is 0 Å².